The van der Waals surface area contributed by atoms with Crippen molar-refractivity contribution in [2.75, 3.05) is 20.0 Å². The number of ether oxygens (including phenoxy) is 2. The fraction of sp³-hybridized carbons (Fsp3) is 0.250. The third kappa shape index (κ3) is 6.10. The Kier molecular flexibility index (Phi) is 8.64. The number of nitrogens with zero attached hydrogens (tertiary/aromatic N) is 5. The maximum Gasteiger partial charge on any atom is 0.253 e. The van der Waals surface area contributed by atoms with E-state index in [1.54, 1.807) is 37.2 Å². The van der Waals surface area contributed by atoms with Gasteiger partial charge in [-0.2, -0.15) is 5.10 Å². The lowest BCUT2D eigenvalue weighted by Crippen LogP contribution is -2.29. The van der Waals surface area contributed by atoms with Gasteiger partial charge in [0.2, 0.25) is 0 Å². The summed E-state index contributed by atoms with van der Waals surface area (Å²) in [4.78, 5) is 26.9. The number of rotatable bonds is 10. The molecule has 0 saturated carbocycles. The van der Waals surface area contributed by atoms with Gasteiger partial charge in [0.15, 0.2) is 22.5 Å². The maximum absolute atomic E-state index is 13.6. The number of hydrogen-bond donors (Lipinski definition) is 1. The topological polar surface area (TPSA) is 111 Å². The molecule has 10 nitrogen and oxygen atoms in total. The van der Waals surface area contributed by atoms with E-state index in [1.807, 2.05) is 35.7 Å². The second-order valence-corrected chi connectivity index (χ2v) is 10.9. The van der Waals surface area contributed by atoms with Gasteiger partial charge in [0.25, 0.3) is 11.8 Å². The number of para-hydroxylation sites is 1. The molecule has 3 heterocycles. The molecular weight excluding hydrogens is 567 g/mol. The lowest BCUT2D eigenvalue weighted by atomic mass is 9.99. The van der Waals surface area contributed by atoms with Crippen LogP contribution in [0.5, 0.6) is 11.5 Å². The molecule has 0 saturated heterocycles. The number of hydrazone groups is 1. The van der Waals surface area contributed by atoms with Crippen molar-refractivity contribution in [3.8, 4) is 11.5 Å². The first-order chi connectivity index (χ1) is 19.9. The summed E-state index contributed by atoms with van der Waals surface area (Å²) in [6, 6.07) is 14.6. The van der Waals surface area contributed by atoms with Gasteiger partial charge in [0, 0.05) is 24.6 Å². The van der Waals surface area contributed by atoms with Gasteiger partial charge in [0.1, 0.15) is 5.82 Å². The molecule has 0 spiro atoms. The van der Waals surface area contributed by atoms with Crippen molar-refractivity contribution >= 4 is 40.6 Å². The van der Waals surface area contributed by atoms with E-state index in [9.17, 15) is 14.0 Å². The summed E-state index contributed by atoms with van der Waals surface area (Å²) in [6.45, 7) is 0.0889. The van der Waals surface area contributed by atoms with Crippen molar-refractivity contribution in [3.05, 3.63) is 87.6 Å². The molecule has 2 amide bonds. The van der Waals surface area contributed by atoms with Crippen molar-refractivity contribution in [2.24, 2.45) is 12.1 Å². The number of carbonyl (C=O) groups excluding carboxylic acids is 2. The molecule has 212 valence electrons. The molecule has 1 N–H and O–H groups in total. The summed E-state index contributed by atoms with van der Waals surface area (Å²) in [5, 5.41) is 19.8. The summed E-state index contributed by atoms with van der Waals surface area (Å²) in [5.41, 5.74) is 1.83. The van der Waals surface area contributed by atoms with E-state index >= 15 is 0 Å². The van der Waals surface area contributed by atoms with Crippen molar-refractivity contribution in [2.45, 2.75) is 24.2 Å². The van der Waals surface area contributed by atoms with Gasteiger partial charge < -0.3 is 19.4 Å². The van der Waals surface area contributed by atoms with E-state index in [1.165, 1.54) is 35.0 Å². The molecule has 1 aliphatic heterocycles. The van der Waals surface area contributed by atoms with Crippen LogP contribution in [-0.4, -0.2) is 57.3 Å². The van der Waals surface area contributed by atoms with Gasteiger partial charge in [-0.25, -0.2) is 9.40 Å². The zero-order chi connectivity index (χ0) is 28.9. The predicted molar refractivity (Wildman–Crippen MR) is 154 cm³/mol. The second kappa shape index (κ2) is 12.5. The van der Waals surface area contributed by atoms with E-state index in [2.05, 4.69) is 15.5 Å². The Labute approximate surface area is 244 Å². The minimum atomic E-state index is -0.489. The van der Waals surface area contributed by atoms with Crippen molar-refractivity contribution in [1.82, 2.24) is 25.1 Å². The van der Waals surface area contributed by atoms with E-state index in [0.717, 1.165) is 22.2 Å². The fourth-order valence-corrected chi connectivity index (χ4v) is 5.96. The fourth-order valence-electron chi connectivity index (χ4n) is 4.46. The van der Waals surface area contributed by atoms with Gasteiger partial charge in [-0.05, 0) is 35.7 Å². The van der Waals surface area contributed by atoms with Crippen LogP contribution < -0.4 is 14.8 Å². The smallest absolute Gasteiger partial charge is 0.253 e. The number of carbonyl (C=O) groups is 2. The first kappa shape index (κ1) is 28.3. The summed E-state index contributed by atoms with van der Waals surface area (Å²) < 4.78 is 26.3. The second-order valence-electron chi connectivity index (χ2n) is 9.00. The molecule has 0 aliphatic carbocycles. The van der Waals surface area contributed by atoms with Crippen LogP contribution in [0.15, 0.2) is 70.2 Å². The molecule has 4 aromatic rings. The Morgan fingerprint density at radius 1 is 1.12 bits per heavy atom. The zero-order valence-electron chi connectivity index (χ0n) is 22.5. The van der Waals surface area contributed by atoms with Crippen LogP contribution in [0.2, 0.25) is 0 Å². The highest BCUT2D eigenvalue weighted by Gasteiger charge is 2.36. The van der Waals surface area contributed by atoms with Gasteiger partial charge >= 0.3 is 0 Å². The Morgan fingerprint density at radius 3 is 2.68 bits per heavy atom. The molecule has 2 aromatic heterocycles. The molecule has 1 atom stereocenters. The molecule has 0 unspecified atom stereocenters. The quantitative estimate of drug-likeness (QED) is 0.271. The normalized spacial score (nSPS) is 14.6. The number of hydrogen-bond acceptors (Lipinski definition) is 9. The number of benzene rings is 2. The minimum absolute atomic E-state index is 0.0611. The van der Waals surface area contributed by atoms with Crippen molar-refractivity contribution in [3.63, 3.8) is 0 Å². The van der Waals surface area contributed by atoms with E-state index < -0.39 is 11.7 Å². The molecule has 0 bridgehead atoms. The number of amides is 2. The van der Waals surface area contributed by atoms with Crippen LogP contribution in [-0.2, 0) is 18.4 Å². The van der Waals surface area contributed by atoms with E-state index in [0.29, 0.717) is 28.9 Å². The lowest BCUT2D eigenvalue weighted by molar-refractivity contribution is -0.130. The zero-order valence-corrected chi connectivity index (χ0v) is 24.2. The molecule has 41 heavy (non-hydrogen) atoms. The highest BCUT2D eigenvalue weighted by atomic mass is 32.2. The standard InChI is InChI=1S/C28H27FN6O4S2/c1-34-24(15-30-27(37)17-7-4-8-18(29)13-17)31-32-28(34)41-16-25(36)35-21(14-20(33-35)23-11-6-12-40-23)19-9-5-10-22(38-2)26(19)39-3/h4-13,21H,14-16H2,1-3H3,(H,30,37)/t21-/m0/s1. The number of aromatic nitrogens is 3. The number of thiophene rings is 1. The summed E-state index contributed by atoms with van der Waals surface area (Å²) in [6.07, 6.45) is 0.527. The molecule has 13 heteroatoms. The summed E-state index contributed by atoms with van der Waals surface area (Å²) in [7, 11) is 4.90. The maximum atomic E-state index is 13.6. The Hall–Kier alpha value is -4.23. The minimum Gasteiger partial charge on any atom is -0.493 e. The molecule has 0 radical (unpaired) electrons. The number of thioether (sulfide) groups is 1. The van der Waals surface area contributed by atoms with Gasteiger partial charge in [-0.3, -0.25) is 9.59 Å². The van der Waals surface area contributed by atoms with Crippen LogP contribution in [0.3, 0.4) is 0 Å². The summed E-state index contributed by atoms with van der Waals surface area (Å²) >= 11 is 2.79. The molecule has 0 fully saturated rings. The van der Waals surface area contributed by atoms with E-state index in [4.69, 9.17) is 14.6 Å². The third-order valence-corrected chi connectivity index (χ3v) is 8.43. The van der Waals surface area contributed by atoms with Gasteiger partial charge in [0.05, 0.1) is 43.1 Å². The Morgan fingerprint density at radius 2 is 1.95 bits per heavy atom. The van der Waals surface area contributed by atoms with Gasteiger partial charge in [-0.1, -0.05) is 36.0 Å². The van der Waals surface area contributed by atoms with Crippen molar-refractivity contribution in [1.29, 1.82) is 0 Å². The largest absolute Gasteiger partial charge is 0.493 e. The monoisotopic (exact) mass is 594 g/mol. The highest BCUT2D eigenvalue weighted by molar-refractivity contribution is 7.99. The number of nitrogens with one attached hydrogen (secondary N) is 1. The lowest BCUT2D eigenvalue weighted by Gasteiger charge is -2.24. The first-order valence-corrected chi connectivity index (χ1v) is 14.4. The van der Waals surface area contributed by atoms with Crippen LogP contribution >= 0.6 is 23.1 Å². The molecule has 2 aromatic carbocycles. The van der Waals surface area contributed by atoms with E-state index in [-0.39, 0.29) is 29.8 Å². The highest BCUT2D eigenvalue weighted by Crippen LogP contribution is 2.42. The number of methoxy groups -OCH3 is 2. The average molecular weight is 595 g/mol. The van der Waals surface area contributed by atoms with Crippen molar-refractivity contribution < 1.29 is 23.5 Å². The Balaban J connectivity index is 1.29. The van der Waals surface area contributed by atoms with Crippen LogP contribution in [0.4, 0.5) is 4.39 Å². The molecule has 1 aliphatic rings. The first-order valence-electron chi connectivity index (χ1n) is 12.6. The predicted octanol–water partition coefficient (Wildman–Crippen LogP) is 4.43. The van der Waals surface area contributed by atoms with Crippen LogP contribution in [0.1, 0.15) is 39.1 Å². The molecule has 5 rings (SSSR count). The van der Waals surface area contributed by atoms with Crippen LogP contribution in [0.25, 0.3) is 0 Å². The third-order valence-electron chi connectivity index (χ3n) is 6.51. The Bertz CT molecular complexity index is 1590. The molecular formula is C28H27FN6O4S2. The number of halogens is 1. The van der Waals surface area contributed by atoms with Crippen LogP contribution in [0, 0.1) is 5.82 Å². The SMILES string of the molecule is COc1cccc([C@@H]2CC(c3cccs3)=NN2C(=O)CSc2nnc(CNC(=O)c3cccc(F)c3)n2C)c1OC. The summed E-state index contributed by atoms with van der Waals surface area (Å²) in [5.74, 6) is 0.564. The van der Waals surface area contributed by atoms with Gasteiger partial charge in [-0.15, -0.1) is 21.5 Å². The average Bonchev–Trinajstić information content (AvgIpc) is 3.75.